The largest absolute Gasteiger partial charge is 0.479 e. The van der Waals surface area contributed by atoms with Gasteiger partial charge in [0.1, 0.15) is 0 Å². The van der Waals surface area contributed by atoms with Gasteiger partial charge in [0, 0.05) is 17.6 Å². The number of nitrogens with zero attached hydrogens (tertiary/aromatic N) is 3. The van der Waals surface area contributed by atoms with Gasteiger partial charge in [-0.3, -0.25) is 4.84 Å². The van der Waals surface area contributed by atoms with Gasteiger partial charge in [0.05, 0.1) is 15.4 Å². The van der Waals surface area contributed by atoms with Gasteiger partial charge in [-0.05, 0) is 54.0 Å². The Morgan fingerprint density at radius 2 is 2.03 bits per heavy atom. The molecule has 1 aromatic heterocycles. The number of rotatable bonds is 9. The first-order valence-corrected chi connectivity index (χ1v) is 10.5. The summed E-state index contributed by atoms with van der Waals surface area (Å²) in [4.78, 5) is 28.2. The molecule has 13 heteroatoms. The zero-order chi connectivity index (χ0) is 21.6. The Labute approximate surface area is 175 Å². The molecule has 0 radical (unpaired) electrons. The molecule has 0 bridgehead atoms. The summed E-state index contributed by atoms with van der Waals surface area (Å²) in [5, 5.41) is 16.6. The lowest BCUT2D eigenvalue weighted by atomic mass is 10.2. The summed E-state index contributed by atoms with van der Waals surface area (Å²) < 4.78 is 23.2. The fraction of sp³-hybridized carbons (Fsp3) is 0.250. The van der Waals surface area contributed by atoms with Crippen LogP contribution < -0.4 is 15.9 Å². The number of aromatic nitrogens is 2. The Morgan fingerprint density at radius 3 is 2.62 bits per heavy atom. The van der Waals surface area contributed by atoms with E-state index in [4.69, 9.17) is 15.1 Å². The monoisotopic (exact) mass is 486 g/mol. The topological polar surface area (TPSA) is 169 Å². The van der Waals surface area contributed by atoms with Gasteiger partial charge in [0.15, 0.2) is 12.4 Å². The molecule has 29 heavy (non-hydrogen) atoms. The van der Waals surface area contributed by atoms with Gasteiger partial charge in [-0.25, -0.2) is 28.3 Å². The number of aliphatic imine (C=N–C) groups is 1. The molecule has 1 atom stereocenters. The molecule has 11 nitrogen and oxygen atoms in total. The van der Waals surface area contributed by atoms with Crippen LogP contribution in [0.15, 0.2) is 44.8 Å². The van der Waals surface area contributed by atoms with Crippen molar-refractivity contribution in [3.63, 3.8) is 0 Å². The number of hydrogen-bond acceptors (Lipinski definition) is 9. The number of hydrogen-bond donors (Lipinski definition) is 4. The first kappa shape index (κ1) is 22.8. The van der Waals surface area contributed by atoms with Gasteiger partial charge in [-0.2, -0.15) is 10.5 Å². The number of aliphatic carboxylic acids is 1. The molecule has 2 rings (SSSR count). The molecule has 0 aliphatic heterocycles. The first-order valence-electron chi connectivity index (χ1n) is 8.13. The predicted molar refractivity (Wildman–Crippen MR) is 110 cm³/mol. The lowest BCUT2D eigenvalue weighted by Gasteiger charge is -2.13. The minimum atomic E-state index is -3.77. The minimum absolute atomic E-state index is 0.00714. The fourth-order valence-electron chi connectivity index (χ4n) is 1.93. The number of halogens is 1. The SMILES string of the molecule is CC(=Nc1nc(Nc2ccc(S(N)(=O)=O)cc2)ncc1Br)C(C)NOCC(=O)O. The van der Waals surface area contributed by atoms with Gasteiger partial charge >= 0.3 is 5.97 Å². The van der Waals surface area contributed by atoms with E-state index >= 15 is 0 Å². The van der Waals surface area contributed by atoms with Crippen LogP contribution >= 0.6 is 15.9 Å². The summed E-state index contributed by atoms with van der Waals surface area (Å²) in [5.41, 5.74) is 3.73. The molecule has 0 spiro atoms. The zero-order valence-corrected chi connectivity index (χ0v) is 17.9. The van der Waals surface area contributed by atoms with Gasteiger partial charge in [0.25, 0.3) is 0 Å². The molecule has 0 saturated carbocycles. The van der Waals surface area contributed by atoms with Crippen molar-refractivity contribution in [3.8, 4) is 0 Å². The second-order valence-electron chi connectivity index (χ2n) is 5.83. The Bertz CT molecular complexity index is 1010. The van der Waals surface area contributed by atoms with Crippen LogP contribution in [0.25, 0.3) is 0 Å². The molecule has 5 N–H and O–H groups in total. The summed E-state index contributed by atoms with van der Waals surface area (Å²) in [5.74, 6) is -0.510. The number of carboxylic acid groups (broad SMARTS) is 1. The fourth-order valence-corrected chi connectivity index (χ4v) is 2.73. The second-order valence-corrected chi connectivity index (χ2v) is 8.25. The third kappa shape index (κ3) is 7.14. The van der Waals surface area contributed by atoms with E-state index in [1.807, 2.05) is 0 Å². The van der Waals surface area contributed by atoms with Crippen LogP contribution in [0.3, 0.4) is 0 Å². The molecule has 0 aliphatic rings. The van der Waals surface area contributed by atoms with E-state index in [9.17, 15) is 13.2 Å². The lowest BCUT2D eigenvalue weighted by Crippen LogP contribution is -2.34. The molecular formula is C16H19BrN6O5S. The van der Waals surface area contributed by atoms with E-state index < -0.39 is 22.6 Å². The van der Waals surface area contributed by atoms with Crippen molar-refractivity contribution in [2.75, 3.05) is 11.9 Å². The number of nitrogens with two attached hydrogens (primary N) is 1. The maximum Gasteiger partial charge on any atom is 0.331 e. The lowest BCUT2D eigenvalue weighted by molar-refractivity contribution is -0.145. The van der Waals surface area contributed by atoms with Crippen molar-refractivity contribution < 1.29 is 23.2 Å². The van der Waals surface area contributed by atoms with Crippen LogP contribution in [-0.2, 0) is 19.7 Å². The third-order valence-electron chi connectivity index (χ3n) is 3.53. The highest BCUT2D eigenvalue weighted by Crippen LogP contribution is 2.25. The van der Waals surface area contributed by atoms with Crippen LogP contribution in [0.2, 0.25) is 0 Å². The number of benzene rings is 1. The van der Waals surface area contributed by atoms with E-state index in [0.717, 1.165) is 0 Å². The standard InChI is InChI=1S/C16H19BrN6O5S/c1-9(10(2)23-28-8-14(24)25)20-15-13(17)7-19-16(22-15)21-11-3-5-12(6-4-11)29(18,26)27/h3-7,10,23H,8H2,1-2H3,(H,24,25)(H2,18,26,27)(H,19,21,22). The van der Waals surface area contributed by atoms with Crippen molar-refractivity contribution in [3.05, 3.63) is 34.9 Å². The average Bonchev–Trinajstić information content (AvgIpc) is 2.63. The van der Waals surface area contributed by atoms with E-state index in [1.165, 1.54) is 30.5 Å². The Morgan fingerprint density at radius 1 is 1.38 bits per heavy atom. The molecule has 1 unspecified atom stereocenters. The predicted octanol–water partition coefficient (Wildman–Crippen LogP) is 1.72. The third-order valence-corrected chi connectivity index (χ3v) is 5.02. The summed E-state index contributed by atoms with van der Waals surface area (Å²) in [6.07, 6.45) is 1.51. The first-order chi connectivity index (χ1) is 13.6. The van der Waals surface area contributed by atoms with E-state index in [-0.39, 0.29) is 16.9 Å². The van der Waals surface area contributed by atoms with Crippen LogP contribution in [0.1, 0.15) is 13.8 Å². The highest BCUT2D eigenvalue weighted by Gasteiger charge is 2.11. The molecule has 0 fully saturated rings. The molecule has 2 aromatic rings. The quantitative estimate of drug-likeness (QED) is 0.304. The van der Waals surface area contributed by atoms with E-state index in [2.05, 4.69) is 41.7 Å². The zero-order valence-electron chi connectivity index (χ0n) is 15.5. The van der Waals surface area contributed by atoms with Gasteiger partial charge in [0.2, 0.25) is 16.0 Å². The highest BCUT2D eigenvalue weighted by atomic mass is 79.9. The second kappa shape index (κ2) is 9.84. The number of nitrogens with one attached hydrogen (secondary N) is 2. The Kier molecular flexibility index (Phi) is 7.75. The molecule has 0 saturated heterocycles. The summed E-state index contributed by atoms with van der Waals surface area (Å²) in [6, 6.07) is 5.43. The number of anilines is 2. The number of hydroxylamine groups is 1. The van der Waals surface area contributed by atoms with Crippen molar-refractivity contribution >= 4 is 55.1 Å². The summed E-state index contributed by atoms with van der Waals surface area (Å²) in [6.45, 7) is 3.00. The molecule has 0 aliphatic carbocycles. The maximum atomic E-state index is 11.3. The van der Waals surface area contributed by atoms with Gasteiger partial charge < -0.3 is 10.4 Å². The van der Waals surface area contributed by atoms with Crippen molar-refractivity contribution in [1.29, 1.82) is 0 Å². The van der Waals surface area contributed by atoms with Crippen LogP contribution in [0.5, 0.6) is 0 Å². The van der Waals surface area contributed by atoms with Crippen molar-refractivity contribution in [1.82, 2.24) is 15.4 Å². The van der Waals surface area contributed by atoms with E-state index in [0.29, 0.717) is 21.7 Å². The smallest absolute Gasteiger partial charge is 0.331 e. The highest BCUT2D eigenvalue weighted by molar-refractivity contribution is 9.10. The van der Waals surface area contributed by atoms with Gasteiger partial charge in [-0.1, -0.05) is 0 Å². The molecular weight excluding hydrogens is 468 g/mol. The molecule has 156 valence electrons. The number of carbonyl (C=O) groups is 1. The van der Waals surface area contributed by atoms with E-state index in [1.54, 1.807) is 13.8 Å². The summed E-state index contributed by atoms with van der Waals surface area (Å²) in [7, 11) is -3.77. The maximum absolute atomic E-state index is 11.3. The summed E-state index contributed by atoms with van der Waals surface area (Å²) >= 11 is 3.33. The Hall–Kier alpha value is -2.45. The Balaban J connectivity index is 2.13. The molecule has 1 heterocycles. The van der Waals surface area contributed by atoms with Crippen LogP contribution in [-0.4, -0.2) is 47.8 Å². The number of carboxylic acids is 1. The van der Waals surface area contributed by atoms with Gasteiger partial charge in [-0.15, -0.1) is 0 Å². The van der Waals surface area contributed by atoms with Crippen LogP contribution in [0.4, 0.5) is 17.5 Å². The molecule has 1 aromatic carbocycles. The van der Waals surface area contributed by atoms with Crippen molar-refractivity contribution in [2.24, 2.45) is 10.1 Å². The van der Waals surface area contributed by atoms with Crippen molar-refractivity contribution in [2.45, 2.75) is 24.8 Å². The minimum Gasteiger partial charge on any atom is -0.479 e. The van der Waals surface area contributed by atoms with Crippen LogP contribution in [0, 0.1) is 0 Å². The molecule has 0 amide bonds. The average molecular weight is 487 g/mol. The number of sulfonamides is 1. The normalized spacial score (nSPS) is 13.2. The number of primary sulfonamides is 1.